The minimum absolute atomic E-state index is 0.0474. The lowest BCUT2D eigenvalue weighted by Crippen LogP contribution is -2.43. The van der Waals surface area contributed by atoms with Crippen LogP contribution in [0.15, 0.2) is 12.1 Å². The number of piperidine rings is 1. The van der Waals surface area contributed by atoms with Gasteiger partial charge in [-0.1, -0.05) is 17.4 Å². The monoisotopic (exact) mass is 361 g/mol. The number of carbonyl (C=O) groups excluding carboxylic acids is 1. The molecular formula is C19H27N3O2S. The fourth-order valence-corrected chi connectivity index (χ4v) is 4.61. The van der Waals surface area contributed by atoms with Crippen LogP contribution in [0.4, 0.5) is 5.13 Å². The first-order chi connectivity index (χ1) is 12.1. The van der Waals surface area contributed by atoms with E-state index < -0.39 is 0 Å². The molecule has 1 fully saturated rings. The predicted octanol–water partition coefficient (Wildman–Crippen LogP) is 3.28. The summed E-state index contributed by atoms with van der Waals surface area (Å²) in [6.45, 7) is 7.34. The van der Waals surface area contributed by atoms with E-state index in [1.54, 1.807) is 18.4 Å². The maximum absolute atomic E-state index is 12.4. The Balaban J connectivity index is 1.67. The molecule has 136 valence electrons. The number of nitrogens with one attached hydrogen (secondary N) is 1. The van der Waals surface area contributed by atoms with Crippen LogP contribution >= 0.6 is 11.3 Å². The lowest BCUT2D eigenvalue weighted by Gasteiger charge is -2.31. The number of methoxy groups -OCH3 is 1. The van der Waals surface area contributed by atoms with Gasteiger partial charge in [-0.2, -0.15) is 0 Å². The van der Waals surface area contributed by atoms with Crippen molar-refractivity contribution >= 4 is 32.6 Å². The molecule has 1 aromatic heterocycles. The molecule has 0 spiro atoms. The normalized spacial score (nSPS) is 17.9. The maximum atomic E-state index is 12.4. The molecule has 3 rings (SSSR count). The first-order valence-electron chi connectivity index (χ1n) is 8.98. The van der Waals surface area contributed by atoms with Gasteiger partial charge in [0.15, 0.2) is 5.13 Å². The van der Waals surface area contributed by atoms with Gasteiger partial charge in [-0.3, -0.25) is 4.79 Å². The molecular weight excluding hydrogens is 334 g/mol. The van der Waals surface area contributed by atoms with Crippen molar-refractivity contribution in [3.63, 3.8) is 0 Å². The van der Waals surface area contributed by atoms with E-state index in [1.807, 2.05) is 0 Å². The summed E-state index contributed by atoms with van der Waals surface area (Å²) >= 11 is 1.74. The number of carbonyl (C=O) groups is 1. The van der Waals surface area contributed by atoms with E-state index in [0.717, 1.165) is 43.0 Å². The lowest BCUT2D eigenvalue weighted by molar-refractivity contribution is -0.125. The molecule has 6 heteroatoms. The van der Waals surface area contributed by atoms with Crippen molar-refractivity contribution in [3.8, 4) is 0 Å². The average Bonchev–Trinajstić information content (AvgIpc) is 3.03. The second-order valence-electron chi connectivity index (χ2n) is 6.85. The molecule has 5 nitrogen and oxygen atoms in total. The van der Waals surface area contributed by atoms with E-state index in [-0.39, 0.29) is 11.8 Å². The van der Waals surface area contributed by atoms with E-state index in [9.17, 15) is 4.79 Å². The molecule has 1 amide bonds. The Morgan fingerprint density at radius 3 is 3.08 bits per heavy atom. The first kappa shape index (κ1) is 18.1. The van der Waals surface area contributed by atoms with Crippen LogP contribution in [-0.2, 0) is 9.53 Å². The molecule has 25 heavy (non-hydrogen) atoms. The highest BCUT2D eigenvalue weighted by atomic mass is 32.1. The Morgan fingerprint density at radius 2 is 2.28 bits per heavy atom. The fraction of sp³-hybridized carbons (Fsp3) is 0.579. The molecule has 1 aromatic carbocycles. The van der Waals surface area contributed by atoms with Gasteiger partial charge in [0.05, 0.1) is 16.1 Å². The van der Waals surface area contributed by atoms with Crippen LogP contribution < -0.4 is 10.2 Å². The van der Waals surface area contributed by atoms with Gasteiger partial charge < -0.3 is 15.0 Å². The molecule has 0 saturated carbocycles. The van der Waals surface area contributed by atoms with Gasteiger partial charge in [0.2, 0.25) is 5.91 Å². The number of hydrogen-bond acceptors (Lipinski definition) is 5. The summed E-state index contributed by atoms with van der Waals surface area (Å²) in [7, 11) is 1.68. The van der Waals surface area contributed by atoms with E-state index in [4.69, 9.17) is 9.72 Å². The van der Waals surface area contributed by atoms with E-state index >= 15 is 0 Å². The number of hydrogen-bond donors (Lipinski definition) is 1. The van der Waals surface area contributed by atoms with Gasteiger partial charge in [0, 0.05) is 33.4 Å². The minimum Gasteiger partial charge on any atom is -0.385 e. The summed E-state index contributed by atoms with van der Waals surface area (Å²) in [6, 6.07) is 4.38. The van der Waals surface area contributed by atoms with Gasteiger partial charge in [-0.15, -0.1) is 0 Å². The fourth-order valence-electron chi connectivity index (χ4n) is 3.43. The van der Waals surface area contributed by atoms with Crippen LogP contribution in [0.1, 0.15) is 30.4 Å². The van der Waals surface area contributed by atoms with Crippen molar-refractivity contribution in [1.29, 1.82) is 0 Å². The second kappa shape index (κ2) is 8.15. The van der Waals surface area contributed by atoms with Crippen molar-refractivity contribution in [2.75, 3.05) is 38.3 Å². The zero-order valence-electron chi connectivity index (χ0n) is 15.3. The molecule has 0 unspecified atom stereocenters. The Bertz CT molecular complexity index is 744. The number of fused-ring (bicyclic) bond motifs is 1. The largest absolute Gasteiger partial charge is 0.385 e. The van der Waals surface area contributed by atoms with Gasteiger partial charge in [0.1, 0.15) is 0 Å². The quantitative estimate of drug-likeness (QED) is 0.802. The van der Waals surface area contributed by atoms with Gasteiger partial charge in [0.25, 0.3) is 0 Å². The van der Waals surface area contributed by atoms with Crippen LogP contribution in [0.3, 0.4) is 0 Å². The number of nitrogens with zero attached hydrogens (tertiary/aromatic N) is 2. The number of anilines is 1. The Morgan fingerprint density at radius 1 is 1.44 bits per heavy atom. The third kappa shape index (κ3) is 4.30. The van der Waals surface area contributed by atoms with Crippen molar-refractivity contribution in [3.05, 3.63) is 23.3 Å². The maximum Gasteiger partial charge on any atom is 0.224 e. The molecule has 2 aromatic rings. The molecule has 0 aliphatic carbocycles. The van der Waals surface area contributed by atoms with Crippen LogP contribution in [0, 0.1) is 19.8 Å². The van der Waals surface area contributed by atoms with E-state index in [1.165, 1.54) is 15.8 Å². The highest BCUT2D eigenvalue weighted by Crippen LogP contribution is 2.33. The highest BCUT2D eigenvalue weighted by Gasteiger charge is 2.27. The summed E-state index contributed by atoms with van der Waals surface area (Å²) in [6.07, 6.45) is 2.84. The zero-order chi connectivity index (χ0) is 17.8. The van der Waals surface area contributed by atoms with Gasteiger partial charge in [-0.05, 0) is 50.3 Å². The molecule has 1 aliphatic heterocycles. The number of aryl methyl sites for hydroxylation is 2. The van der Waals surface area contributed by atoms with Crippen molar-refractivity contribution < 1.29 is 9.53 Å². The van der Waals surface area contributed by atoms with Crippen LogP contribution in [0.2, 0.25) is 0 Å². The second-order valence-corrected chi connectivity index (χ2v) is 7.86. The number of thiazole rings is 1. The summed E-state index contributed by atoms with van der Waals surface area (Å²) in [5.74, 6) is 0.208. The average molecular weight is 362 g/mol. The lowest BCUT2D eigenvalue weighted by atomic mass is 9.97. The third-order valence-corrected chi connectivity index (χ3v) is 5.77. The van der Waals surface area contributed by atoms with Crippen LogP contribution in [0.5, 0.6) is 0 Å². The Labute approximate surface area is 153 Å². The van der Waals surface area contributed by atoms with Crippen molar-refractivity contribution in [1.82, 2.24) is 10.3 Å². The van der Waals surface area contributed by atoms with E-state index in [2.05, 4.69) is 36.2 Å². The molecule has 0 radical (unpaired) electrons. The van der Waals surface area contributed by atoms with Crippen molar-refractivity contribution in [2.45, 2.75) is 33.1 Å². The molecule has 1 atom stereocenters. The first-order valence-corrected chi connectivity index (χ1v) is 9.79. The standard InChI is InChI=1S/C19H27N3O2S/c1-13-10-14(2)17-16(11-13)25-19(21-17)22-8-4-6-15(12-22)18(23)20-7-5-9-24-3/h10-11,15H,4-9,12H2,1-3H3,(H,20,23)/t15-/m1/s1. The number of rotatable bonds is 6. The smallest absolute Gasteiger partial charge is 0.224 e. The molecule has 0 bridgehead atoms. The number of benzene rings is 1. The van der Waals surface area contributed by atoms with E-state index in [0.29, 0.717) is 13.2 Å². The third-order valence-electron chi connectivity index (χ3n) is 4.71. The topological polar surface area (TPSA) is 54.5 Å². The van der Waals surface area contributed by atoms with Crippen molar-refractivity contribution in [2.24, 2.45) is 5.92 Å². The summed E-state index contributed by atoms with van der Waals surface area (Å²) in [4.78, 5) is 19.5. The molecule has 1 aliphatic rings. The number of amides is 1. The van der Waals surface area contributed by atoms with Gasteiger partial charge >= 0.3 is 0 Å². The molecule has 1 saturated heterocycles. The summed E-state index contributed by atoms with van der Waals surface area (Å²) in [5.41, 5.74) is 3.59. The molecule has 1 N–H and O–H groups in total. The van der Waals surface area contributed by atoms with Crippen LogP contribution in [-0.4, -0.2) is 44.2 Å². The van der Waals surface area contributed by atoms with Gasteiger partial charge in [-0.25, -0.2) is 4.98 Å². The predicted molar refractivity (Wildman–Crippen MR) is 104 cm³/mol. The zero-order valence-corrected chi connectivity index (χ0v) is 16.1. The minimum atomic E-state index is 0.0474. The summed E-state index contributed by atoms with van der Waals surface area (Å²) < 4.78 is 6.26. The highest BCUT2D eigenvalue weighted by molar-refractivity contribution is 7.22. The Kier molecular flexibility index (Phi) is 5.91. The number of aromatic nitrogens is 1. The molecule has 2 heterocycles. The van der Waals surface area contributed by atoms with Crippen LogP contribution in [0.25, 0.3) is 10.2 Å². The Hall–Kier alpha value is -1.66. The SMILES string of the molecule is COCCCNC(=O)[C@@H]1CCCN(c2nc3c(C)cc(C)cc3s2)C1. The number of ether oxygens (including phenoxy) is 1. The summed E-state index contributed by atoms with van der Waals surface area (Å²) in [5, 5.41) is 4.08.